The molecule has 0 aliphatic heterocycles. The molecular weight excluding hydrogens is 314 g/mol. The first kappa shape index (κ1) is 15.0. The fourth-order valence-electron chi connectivity index (χ4n) is 2.83. The van der Waals surface area contributed by atoms with Crippen molar-refractivity contribution in [3.05, 3.63) is 91.0 Å². The molecule has 3 aromatic heterocycles. The molecule has 0 saturated heterocycles. The van der Waals surface area contributed by atoms with E-state index < -0.39 is 0 Å². The third kappa shape index (κ3) is 2.72. The van der Waals surface area contributed by atoms with Gasteiger partial charge in [0.15, 0.2) is 0 Å². The highest BCUT2D eigenvalue weighted by Gasteiger charge is 2.22. The summed E-state index contributed by atoms with van der Waals surface area (Å²) in [6.07, 6.45) is 7.06. The number of aromatic nitrogens is 2. The van der Waals surface area contributed by atoms with Crippen LogP contribution in [-0.2, 0) is 0 Å². The molecule has 0 saturated carbocycles. The fraction of sp³-hybridized carbons (Fsp3) is 0. The maximum atomic E-state index is 13.3. The molecule has 0 atom stereocenters. The molecular formula is C20H15N3O2. The average Bonchev–Trinajstić information content (AvgIpc) is 3.08. The number of amides is 1. The van der Waals surface area contributed by atoms with E-state index in [9.17, 15) is 9.90 Å². The smallest absolute Gasteiger partial charge is 0.265 e. The van der Waals surface area contributed by atoms with E-state index in [-0.39, 0.29) is 11.7 Å². The van der Waals surface area contributed by atoms with Crippen LogP contribution < -0.4 is 4.90 Å². The van der Waals surface area contributed by atoms with Gasteiger partial charge in [-0.3, -0.25) is 14.7 Å². The first-order valence-electron chi connectivity index (χ1n) is 7.83. The number of phenols is 1. The Hall–Kier alpha value is -3.60. The Morgan fingerprint density at radius 2 is 1.60 bits per heavy atom. The third-order valence-corrected chi connectivity index (χ3v) is 4.03. The average molecular weight is 329 g/mol. The van der Waals surface area contributed by atoms with Gasteiger partial charge in [-0.25, -0.2) is 0 Å². The van der Waals surface area contributed by atoms with E-state index in [1.165, 1.54) is 0 Å². The van der Waals surface area contributed by atoms with Crippen molar-refractivity contribution in [2.24, 2.45) is 0 Å². The second kappa shape index (κ2) is 6.13. The zero-order chi connectivity index (χ0) is 17.2. The van der Waals surface area contributed by atoms with Crippen molar-refractivity contribution in [2.45, 2.75) is 0 Å². The summed E-state index contributed by atoms with van der Waals surface area (Å²) < 4.78 is 1.91. The van der Waals surface area contributed by atoms with Crippen molar-refractivity contribution in [1.82, 2.24) is 9.38 Å². The van der Waals surface area contributed by atoms with E-state index in [2.05, 4.69) is 4.98 Å². The fourth-order valence-corrected chi connectivity index (χ4v) is 2.83. The predicted octanol–water partition coefficient (Wildman–Crippen LogP) is 4.02. The van der Waals surface area contributed by atoms with Gasteiger partial charge in [-0.15, -0.1) is 0 Å². The summed E-state index contributed by atoms with van der Waals surface area (Å²) in [5, 5.41) is 9.56. The van der Waals surface area contributed by atoms with E-state index in [0.717, 1.165) is 5.52 Å². The Balaban J connectivity index is 1.85. The van der Waals surface area contributed by atoms with Crippen molar-refractivity contribution in [3.63, 3.8) is 0 Å². The Morgan fingerprint density at radius 3 is 2.36 bits per heavy atom. The molecule has 5 nitrogen and oxygen atoms in total. The van der Waals surface area contributed by atoms with Gasteiger partial charge >= 0.3 is 0 Å². The van der Waals surface area contributed by atoms with Gasteiger partial charge in [-0.1, -0.05) is 6.07 Å². The number of rotatable bonds is 3. The third-order valence-electron chi connectivity index (χ3n) is 4.03. The number of benzene rings is 1. The monoisotopic (exact) mass is 329 g/mol. The highest BCUT2D eigenvalue weighted by atomic mass is 16.3. The second-order valence-corrected chi connectivity index (χ2v) is 5.58. The highest BCUT2D eigenvalue weighted by Crippen LogP contribution is 2.29. The summed E-state index contributed by atoms with van der Waals surface area (Å²) in [6, 6.07) is 17.7. The predicted molar refractivity (Wildman–Crippen MR) is 96.2 cm³/mol. The lowest BCUT2D eigenvalue weighted by molar-refractivity contribution is 0.100. The molecule has 0 fully saturated rings. The number of hydrogen-bond donors (Lipinski definition) is 1. The van der Waals surface area contributed by atoms with Crippen molar-refractivity contribution in [2.75, 3.05) is 4.90 Å². The van der Waals surface area contributed by atoms with Gasteiger partial charge < -0.3 is 9.51 Å². The molecule has 0 aliphatic rings. The number of fused-ring (bicyclic) bond motifs is 1. The van der Waals surface area contributed by atoms with Crippen LogP contribution in [0.5, 0.6) is 5.75 Å². The Morgan fingerprint density at radius 1 is 0.880 bits per heavy atom. The van der Waals surface area contributed by atoms with Gasteiger partial charge in [0.05, 0.1) is 16.8 Å². The number of carbonyl (C=O) groups is 1. The molecule has 1 amide bonds. The van der Waals surface area contributed by atoms with Crippen molar-refractivity contribution in [1.29, 1.82) is 0 Å². The summed E-state index contributed by atoms with van der Waals surface area (Å²) in [4.78, 5) is 19.0. The minimum atomic E-state index is -0.148. The van der Waals surface area contributed by atoms with E-state index in [4.69, 9.17) is 0 Å². The highest BCUT2D eigenvalue weighted by molar-refractivity contribution is 6.14. The number of hydrogen-bond acceptors (Lipinski definition) is 3. The van der Waals surface area contributed by atoms with E-state index in [1.807, 2.05) is 41.1 Å². The van der Waals surface area contributed by atoms with Crippen molar-refractivity contribution < 1.29 is 9.90 Å². The van der Waals surface area contributed by atoms with Crippen molar-refractivity contribution in [3.8, 4) is 5.75 Å². The topological polar surface area (TPSA) is 57.8 Å². The van der Waals surface area contributed by atoms with E-state index >= 15 is 0 Å². The number of pyridine rings is 2. The van der Waals surface area contributed by atoms with E-state index in [1.54, 1.807) is 53.7 Å². The number of carbonyl (C=O) groups excluding carboxylic acids is 1. The van der Waals surface area contributed by atoms with Crippen molar-refractivity contribution >= 4 is 22.8 Å². The van der Waals surface area contributed by atoms with Gasteiger partial charge in [-0.05, 0) is 54.6 Å². The summed E-state index contributed by atoms with van der Waals surface area (Å²) in [5.74, 6) is 0.00536. The molecule has 0 spiro atoms. The number of nitrogens with zero attached hydrogens (tertiary/aromatic N) is 3. The first-order valence-corrected chi connectivity index (χ1v) is 7.83. The molecule has 0 radical (unpaired) electrons. The van der Waals surface area contributed by atoms with Crippen LogP contribution in [-0.4, -0.2) is 20.4 Å². The van der Waals surface area contributed by atoms with Crippen LogP contribution in [0, 0.1) is 0 Å². The van der Waals surface area contributed by atoms with Gasteiger partial charge in [0.1, 0.15) is 5.75 Å². The molecule has 122 valence electrons. The lowest BCUT2D eigenvalue weighted by atomic mass is 10.1. The summed E-state index contributed by atoms with van der Waals surface area (Å²) in [6.45, 7) is 0. The lowest BCUT2D eigenvalue weighted by Gasteiger charge is -2.22. The Kier molecular flexibility index (Phi) is 3.67. The van der Waals surface area contributed by atoms with Crippen LogP contribution in [0.4, 0.5) is 11.4 Å². The second-order valence-electron chi connectivity index (χ2n) is 5.58. The summed E-state index contributed by atoms with van der Waals surface area (Å²) >= 11 is 0. The largest absolute Gasteiger partial charge is 0.508 e. The van der Waals surface area contributed by atoms with Crippen LogP contribution in [0.2, 0.25) is 0 Å². The SMILES string of the molecule is O=C(c1ccn2ccccc12)N(c1ccncc1)c1ccc(O)cc1. The minimum Gasteiger partial charge on any atom is -0.508 e. The molecule has 4 aromatic rings. The number of anilines is 2. The zero-order valence-electron chi connectivity index (χ0n) is 13.3. The lowest BCUT2D eigenvalue weighted by Crippen LogP contribution is -2.25. The first-order chi connectivity index (χ1) is 12.2. The normalized spacial score (nSPS) is 10.7. The summed E-state index contributed by atoms with van der Waals surface area (Å²) in [5.41, 5.74) is 2.82. The Labute approximate surface area is 144 Å². The molecule has 25 heavy (non-hydrogen) atoms. The van der Waals surface area contributed by atoms with E-state index in [0.29, 0.717) is 16.9 Å². The number of aromatic hydroxyl groups is 1. The van der Waals surface area contributed by atoms with Gasteiger partial charge in [-0.2, -0.15) is 0 Å². The molecule has 4 rings (SSSR count). The Bertz CT molecular complexity index is 1020. The van der Waals surface area contributed by atoms with Crippen LogP contribution in [0.25, 0.3) is 5.52 Å². The maximum Gasteiger partial charge on any atom is 0.265 e. The molecule has 0 bridgehead atoms. The van der Waals surface area contributed by atoms with Crippen LogP contribution in [0.3, 0.4) is 0 Å². The molecule has 5 heteroatoms. The van der Waals surface area contributed by atoms with Crippen LogP contribution >= 0.6 is 0 Å². The van der Waals surface area contributed by atoms with Crippen LogP contribution in [0.15, 0.2) is 85.5 Å². The molecule has 1 N–H and O–H groups in total. The standard InChI is InChI=1S/C20H15N3O2/c24-17-6-4-15(5-7-17)23(16-8-11-21-12-9-16)20(25)18-10-14-22-13-2-1-3-19(18)22/h1-14,24H. The van der Waals surface area contributed by atoms with Gasteiger partial charge in [0.2, 0.25) is 0 Å². The van der Waals surface area contributed by atoms with Gasteiger partial charge in [0, 0.05) is 30.5 Å². The quantitative estimate of drug-likeness (QED) is 0.617. The zero-order valence-corrected chi connectivity index (χ0v) is 13.3. The molecule has 0 aliphatic carbocycles. The molecule has 1 aromatic carbocycles. The maximum absolute atomic E-state index is 13.3. The number of phenolic OH excluding ortho intramolecular Hbond substituents is 1. The molecule has 0 unspecified atom stereocenters. The minimum absolute atomic E-state index is 0.148. The molecule has 3 heterocycles. The summed E-state index contributed by atoms with van der Waals surface area (Å²) in [7, 11) is 0. The van der Waals surface area contributed by atoms with Crippen LogP contribution in [0.1, 0.15) is 10.4 Å². The van der Waals surface area contributed by atoms with Gasteiger partial charge in [0.25, 0.3) is 5.91 Å².